The number of β-lactam (4-membered cyclic amide) rings is 1. The number of amides is 2. The number of quaternary nitrogens is 1. The van der Waals surface area contributed by atoms with E-state index in [4.69, 9.17) is 15.3 Å². The van der Waals surface area contributed by atoms with Crippen LogP contribution < -0.4 is 16.2 Å². The highest BCUT2D eigenvalue weighted by Gasteiger charge is 2.53. The molecule has 1 aromatic heterocycles. The van der Waals surface area contributed by atoms with E-state index in [2.05, 4.69) is 15.5 Å². The van der Waals surface area contributed by atoms with Crippen molar-refractivity contribution in [1.82, 2.24) is 15.2 Å². The Morgan fingerprint density at radius 3 is 2.67 bits per heavy atom. The molecule has 0 bridgehead atoms. The Morgan fingerprint density at radius 2 is 2.08 bits per heavy atom. The number of carbonyl (C=O) groups is 3. The standard InChI is InChI=1S/C21H22N6O6S2.ClH/c1-27(3-10-6-33-7-11(10)4-27)5-12-8-34-19-15(18(29)26(19)16(12)20(30)31)24-17(28)14(25-32-2)13-9-35-21(22)23-13;/h3-4,9,15,19H,5-8H2,1-2H3,(H3-,22,23,24,28,30,31);1H/b25-14-;/t15-,19-;/m1./s1. The Balaban J connectivity index is 0.00000304. The number of thiazole rings is 1. The lowest BCUT2D eigenvalue weighted by Crippen LogP contribution is -2.71. The molecule has 0 unspecified atom stereocenters. The van der Waals surface area contributed by atoms with Crippen LogP contribution in [0.2, 0.25) is 0 Å². The average molecular weight is 555 g/mol. The van der Waals surface area contributed by atoms with Crippen molar-refractivity contribution in [2.24, 2.45) is 5.16 Å². The van der Waals surface area contributed by atoms with Gasteiger partial charge >= 0.3 is 0 Å². The van der Waals surface area contributed by atoms with Gasteiger partial charge in [-0.3, -0.25) is 19.0 Å². The number of anilines is 1. The van der Waals surface area contributed by atoms with Gasteiger partial charge in [0.25, 0.3) is 11.8 Å². The lowest BCUT2D eigenvalue weighted by Gasteiger charge is -2.51. The number of nitrogens with zero attached hydrogens (tertiary/aromatic N) is 4. The number of thioether (sulfide) groups is 1. The summed E-state index contributed by atoms with van der Waals surface area (Å²) in [4.78, 5) is 48.0. The zero-order valence-corrected chi connectivity index (χ0v) is 21.7. The summed E-state index contributed by atoms with van der Waals surface area (Å²) in [6.45, 7) is 1.46. The molecule has 15 heteroatoms. The number of aliphatic carboxylic acids is 1. The molecule has 2 fully saturated rings. The first-order chi connectivity index (χ1) is 16.7. The van der Waals surface area contributed by atoms with Crippen LogP contribution in [0.4, 0.5) is 5.13 Å². The Hall–Kier alpha value is -2.91. The van der Waals surface area contributed by atoms with E-state index in [-0.39, 0.29) is 34.6 Å². The summed E-state index contributed by atoms with van der Waals surface area (Å²) in [5.41, 5.74) is 8.39. The maximum Gasteiger partial charge on any atom is 0.276 e. The van der Waals surface area contributed by atoms with Gasteiger partial charge in [-0.05, 0) is 0 Å². The molecule has 0 aromatic carbocycles. The SMILES string of the molecule is CO/N=C(\C(=O)N[C@@H]1C(=O)N2C(C(=O)[O-])=C(C[N+]3(C)C=C4COCC4=C3)CS[C@H]12)c1csc(N)n1.Cl. The lowest BCUT2D eigenvalue weighted by atomic mass is 10.0. The number of halogens is 1. The predicted molar refractivity (Wildman–Crippen MR) is 132 cm³/mol. The number of nitrogens with one attached hydrogen (secondary N) is 1. The van der Waals surface area contributed by atoms with Crippen LogP contribution in [0.15, 0.2) is 45.4 Å². The normalized spacial score (nSPS) is 24.2. The van der Waals surface area contributed by atoms with Crippen molar-refractivity contribution < 1.29 is 33.5 Å². The zero-order valence-electron chi connectivity index (χ0n) is 19.3. The van der Waals surface area contributed by atoms with Gasteiger partial charge in [-0.25, -0.2) is 4.98 Å². The van der Waals surface area contributed by atoms with E-state index in [1.807, 2.05) is 19.4 Å². The molecule has 1 aromatic rings. The minimum absolute atomic E-state index is 0. The predicted octanol–water partition coefficient (Wildman–Crippen LogP) is -0.840. The molecule has 3 N–H and O–H groups in total. The number of carbonyl (C=O) groups excluding carboxylic acids is 3. The zero-order chi connectivity index (χ0) is 24.9. The molecule has 5 heterocycles. The van der Waals surface area contributed by atoms with Gasteiger partial charge in [0.2, 0.25) is 0 Å². The summed E-state index contributed by atoms with van der Waals surface area (Å²) in [6, 6.07) is -0.932. The number of nitrogens with two attached hydrogens (primary N) is 1. The molecule has 0 saturated carbocycles. The molecule has 36 heavy (non-hydrogen) atoms. The largest absolute Gasteiger partial charge is 0.543 e. The first-order valence-electron chi connectivity index (χ1n) is 10.6. The fraction of sp³-hybridized carbons (Fsp3) is 0.381. The van der Waals surface area contributed by atoms with Crippen molar-refractivity contribution in [3.63, 3.8) is 0 Å². The number of nitrogen functional groups attached to an aromatic ring is 1. The number of carboxylic acid groups (broad SMARTS) is 1. The first-order valence-corrected chi connectivity index (χ1v) is 12.5. The van der Waals surface area contributed by atoms with Crippen LogP contribution in [-0.4, -0.2) is 88.9 Å². The van der Waals surface area contributed by atoms with E-state index in [0.717, 1.165) is 22.5 Å². The molecular weight excluding hydrogens is 532 g/mol. The number of hydrogen-bond acceptors (Lipinski definition) is 11. The topological polar surface area (TPSA) is 159 Å². The number of ether oxygens (including phenoxy) is 1. The van der Waals surface area contributed by atoms with E-state index < -0.39 is 29.2 Å². The summed E-state index contributed by atoms with van der Waals surface area (Å²) in [5.74, 6) is -2.25. The molecule has 0 aliphatic carbocycles. The van der Waals surface area contributed by atoms with Crippen LogP contribution in [0, 0.1) is 0 Å². The van der Waals surface area contributed by atoms with Gasteiger partial charge < -0.3 is 30.5 Å². The van der Waals surface area contributed by atoms with Crippen LogP contribution in [0.1, 0.15) is 5.69 Å². The van der Waals surface area contributed by atoms with Crippen molar-refractivity contribution in [2.75, 3.05) is 45.4 Å². The number of oxime groups is 1. The van der Waals surface area contributed by atoms with Gasteiger partial charge in [-0.15, -0.1) is 35.5 Å². The van der Waals surface area contributed by atoms with Gasteiger partial charge in [0.1, 0.15) is 43.2 Å². The second kappa shape index (κ2) is 9.86. The Bertz CT molecular complexity index is 1240. The third-order valence-electron chi connectivity index (χ3n) is 6.05. The van der Waals surface area contributed by atoms with Crippen LogP contribution in [0.25, 0.3) is 0 Å². The van der Waals surface area contributed by atoms with Crippen molar-refractivity contribution in [3.05, 3.63) is 45.9 Å². The van der Waals surface area contributed by atoms with Crippen molar-refractivity contribution in [2.45, 2.75) is 11.4 Å². The van der Waals surface area contributed by atoms with Crippen molar-refractivity contribution in [3.8, 4) is 0 Å². The van der Waals surface area contributed by atoms with E-state index in [1.54, 1.807) is 5.38 Å². The van der Waals surface area contributed by atoms with Gasteiger partial charge in [0, 0.05) is 27.9 Å². The molecular formula is C21H23ClN6O6S2. The second-order valence-corrected chi connectivity index (χ2v) is 10.6. The van der Waals surface area contributed by atoms with Gasteiger partial charge in [-0.2, -0.15) is 0 Å². The maximum atomic E-state index is 13.0. The number of hydrogen-bond donors (Lipinski definition) is 2. The van der Waals surface area contributed by atoms with Crippen molar-refractivity contribution in [1.29, 1.82) is 0 Å². The van der Waals surface area contributed by atoms with E-state index >= 15 is 0 Å². The van der Waals surface area contributed by atoms with Gasteiger partial charge in [0.05, 0.1) is 31.9 Å². The fourth-order valence-electron chi connectivity index (χ4n) is 4.64. The molecule has 2 amide bonds. The number of likely N-dealkylation sites (N-methyl/N-ethyl adjacent to an activating group) is 1. The quantitative estimate of drug-likeness (QED) is 0.189. The number of rotatable bonds is 7. The Morgan fingerprint density at radius 1 is 1.39 bits per heavy atom. The lowest BCUT2D eigenvalue weighted by molar-refractivity contribution is -0.799. The third kappa shape index (κ3) is 4.50. The van der Waals surface area contributed by atoms with Gasteiger partial charge in [-0.1, -0.05) is 5.16 Å². The van der Waals surface area contributed by atoms with Crippen LogP contribution in [0.5, 0.6) is 0 Å². The first kappa shape index (κ1) is 26.2. The van der Waals surface area contributed by atoms with E-state index in [0.29, 0.717) is 35.6 Å². The summed E-state index contributed by atoms with van der Waals surface area (Å²) in [5, 5.41) is 19.7. The molecule has 0 spiro atoms. The van der Waals surface area contributed by atoms with Crippen LogP contribution in [-0.2, 0) is 24.0 Å². The summed E-state index contributed by atoms with van der Waals surface area (Å²) in [6.07, 6.45) is 4.09. The molecule has 4 aliphatic rings. The van der Waals surface area contributed by atoms with Gasteiger partial charge in [0.15, 0.2) is 10.8 Å². The summed E-state index contributed by atoms with van der Waals surface area (Å²) >= 11 is 2.52. The van der Waals surface area contributed by atoms with E-state index in [1.165, 1.54) is 23.8 Å². The smallest absolute Gasteiger partial charge is 0.276 e. The van der Waals surface area contributed by atoms with Crippen LogP contribution in [0.3, 0.4) is 0 Å². The number of carboxylic acids is 1. The minimum Gasteiger partial charge on any atom is -0.543 e. The number of fused-ring (bicyclic) bond motifs is 2. The maximum absolute atomic E-state index is 13.0. The molecule has 5 rings (SSSR count). The number of aromatic nitrogens is 1. The molecule has 0 radical (unpaired) electrons. The summed E-state index contributed by atoms with van der Waals surface area (Å²) < 4.78 is 5.82. The van der Waals surface area contributed by atoms with E-state index in [9.17, 15) is 19.5 Å². The molecule has 192 valence electrons. The minimum atomic E-state index is -1.42. The molecule has 4 aliphatic heterocycles. The van der Waals surface area contributed by atoms with Crippen molar-refractivity contribution >= 4 is 64.1 Å². The average Bonchev–Trinajstić information content (AvgIpc) is 3.50. The fourth-order valence-corrected chi connectivity index (χ4v) is 6.53. The summed E-state index contributed by atoms with van der Waals surface area (Å²) in [7, 11) is 3.25. The second-order valence-electron chi connectivity index (χ2n) is 8.60. The third-order valence-corrected chi connectivity index (χ3v) is 8.06. The monoisotopic (exact) mass is 554 g/mol. The van der Waals surface area contributed by atoms with Crippen LogP contribution >= 0.6 is 35.5 Å². The Kier molecular flexibility index (Phi) is 7.16. The molecule has 12 nitrogen and oxygen atoms in total. The highest BCUT2D eigenvalue weighted by molar-refractivity contribution is 8.00. The molecule has 2 atom stereocenters. The highest BCUT2D eigenvalue weighted by Crippen LogP contribution is 2.41. The Labute approximate surface area is 220 Å². The highest BCUT2D eigenvalue weighted by atomic mass is 35.5. The molecule has 2 saturated heterocycles.